The lowest BCUT2D eigenvalue weighted by Gasteiger charge is -2.24. The number of anilines is 3. The average Bonchev–Trinajstić information content (AvgIpc) is 3.25. The fraction of sp³-hybridized carbons (Fsp3) is 0.769. The van der Waals surface area contributed by atoms with Crippen molar-refractivity contribution in [2.45, 2.75) is 39.7 Å². The molecule has 1 aromatic heterocycles. The van der Waals surface area contributed by atoms with Crippen molar-refractivity contribution < 1.29 is 0 Å². The predicted octanol–water partition coefficient (Wildman–Crippen LogP) is 1.75. The van der Waals surface area contributed by atoms with Gasteiger partial charge in [0.1, 0.15) is 0 Å². The third kappa shape index (κ3) is 3.05. The van der Waals surface area contributed by atoms with Crippen molar-refractivity contribution in [3.63, 3.8) is 0 Å². The maximum Gasteiger partial charge on any atom is 0.232 e. The number of hydrogen-bond donors (Lipinski definition) is 1. The fourth-order valence-corrected chi connectivity index (χ4v) is 2.19. The molecule has 1 aromatic rings. The van der Waals surface area contributed by atoms with Gasteiger partial charge in [0.25, 0.3) is 0 Å². The summed E-state index contributed by atoms with van der Waals surface area (Å²) in [7, 11) is 1.85. The van der Waals surface area contributed by atoms with Crippen LogP contribution in [0.2, 0.25) is 0 Å². The summed E-state index contributed by atoms with van der Waals surface area (Å²) in [5, 5.41) is 3.03. The van der Waals surface area contributed by atoms with Gasteiger partial charge in [-0.3, -0.25) is 0 Å². The molecule has 1 saturated carbocycles. The molecular formula is C13H24N6. The van der Waals surface area contributed by atoms with Crippen molar-refractivity contribution in [1.82, 2.24) is 15.0 Å². The molecule has 0 unspecified atom stereocenters. The summed E-state index contributed by atoms with van der Waals surface area (Å²) in [6.45, 7) is 9.13. The van der Waals surface area contributed by atoms with Gasteiger partial charge in [-0.15, -0.1) is 0 Å². The zero-order chi connectivity index (χ0) is 13.8. The standard InChI is InChI=1S/C13H24N6/c1-5-18(6-2)12-15-11(14-4)16-13(17-12)19(7-3)10-8-9-10/h10H,5-9H2,1-4H3,(H,14,15,16,17). The van der Waals surface area contributed by atoms with Gasteiger partial charge in [-0.25, -0.2) is 0 Å². The van der Waals surface area contributed by atoms with Crippen LogP contribution in [0.3, 0.4) is 0 Å². The second-order valence-electron chi connectivity index (χ2n) is 4.70. The molecule has 0 amide bonds. The van der Waals surface area contributed by atoms with E-state index in [9.17, 15) is 0 Å². The van der Waals surface area contributed by atoms with Crippen molar-refractivity contribution in [1.29, 1.82) is 0 Å². The molecule has 19 heavy (non-hydrogen) atoms. The van der Waals surface area contributed by atoms with Gasteiger partial charge in [0.05, 0.1) is 0 Å². The van der Waals surface area contributed by atoms with Crippen LogP contribution in [0.5, 0.6) is 0 Å². The second kappa shape index (κ2) is 6.04. The number of rotatable bonds is 7. The maximum absolute atomic E-state index is 4.65. The van der Waals surface area contributed by atoms with Crippen molar-refractivity contribution in [3.8, 4) is 0 Å². The Hall–Kier alpha value is -1.59. The van der Waals surface area contributed by atoms with Gasteiger partial charge in [0.2, 0.25) is 17.8 Å². The first-order chi connectivity index (χ1) is 9.23. The quantitative estimate of drug-likeness (QED) is 0.809. The summed E-state index contributed by atoms with van der Waals surface area (Å²) in [4.78, 5) is 18.0. The maximum atomic E-state index is 4.65. The minimum Gasteiger partial charge on any atom is -0.357 e. The average molecular weight is 264 g/mol. The van der Waals surface area contributed by atoms with Gasteiger partial charge >= 0.3 is 0 Å². The first-order valence-corrected chi connectivity index (χ1v) is 7.18. The van der Waals surface area contributed by atoms with Crippen LogP contribution in [-0.2, 0) is 0 Å². The van der Waals surface area contributed by atoms with E-state index in [1.165, 1.54) is 12.8 Å². The molecule has 0 bridgehead atoms. The molecule has 0 aliphatic heterocycles. The first kappa shape index (κ1) is 13.8. The third-order valence-electron chi connectivity index (χ3n) is 3.47. The summed E-state index contributed by atoms with van der Waals surface area (Å²) in [5.74, 6) is 2.20. The molecule has 0 saturated heterocycles. The van der Waals surface area contributed by atoms with Gasteiger partial charge in [-0.05, 0) is 33.6 Å². The van der Waals surface area contributed by atoms with Crippen LogP contribution in [-0.4, -0.2) is 47.7 Å². The minimum atomic E-state index is 0.613. The van der Waals surface area contributed by atoms with Crippen molar-refractivity contribution >= 4 is 17.8 Å². The molecule has 0 radical (unpaired) electrons. The summed E-state index contributed by atoms with van der Waals surface area (Å²) < 4.78 is 0. The monoisotopic (exact) mass is 264 g/mol. The SMILES string of the molecule is CCN(CC)c1nc(NC)nc(N(CC)C2CC2)n1. The van der Waals surface area contributed by atoms with Gasteiger partial charge < -0.3 is 15.1 Å². The molecule has 0 spiro atoms. The summed E-state index contributed by atoms with van der Waals surface area (Å²) in [6.07, 6.45) is 2.49. The molecular weight excluding hydrogens is 240 g/mol. The van der Waals surface area contributed by atoms with Gasteiger partial charge in [0, 0.05) is 32.7 Å². The van der Waals surface area contributed by atoms with E-state index in [0.717, 1.165) is 31.5 Å². The molecule has 6 nitrogen and oxygen atoms in total. The van der Waals surface area contributed by atoms with Crippen LogP contribution in [0, 0.1) is 0 Å². The Labute approximate surface area is 115 Å². The molecule has 1 N–H and O–H groups in total. The second-order valence-corrected chi connectivity index (χ2v) is 4.70. The Morgan fingerprint density at radius 2 is 1.63 bits per heavy atom. The van der Waals surface area contributed by atoms with Crippen LogP contribution < -0.4 is 15.1 Å². The zero-order valence-corrected chi connectivity index (χ0v) is 12.3. The van der Waals surface area contributed by atoms with Crippen LogP contribution in [0.4, 0.5) is 17.8 Å². The molecule has 1 heterocycles. The van der Waals surface area contributed by atoms with Crippen LogP contribution in [0.25, 0.3) is 0 Å². The zero-order valence-electron chi connectivity index (χ0n) is 12.3. The normalized spacial score (nSPS) is 14.3. The summed E-state index contributed by atoms with van der Waals surface area (Å²) in [5.41, 5.74) is 0. The smallest absolute Gasteiger partial charge is 0.232 e. The van der Waals surface area contributed by atoms with E-state index in [1.54, 1.807) is 0 Å². The van der Waals surface area contributed by atoms with Crippen molar-refractivity contribution in [2.75, 3.05) is 41.8 Å². The largest absolute Gasteiger partial charge is 0.357 e. The van der Waals surface area contributed by atoms with Gasteiger partial charge in [-0.1, -0.05) is 0 Å². The number of nitrogens with zero attached hydrogens (tertiary/aromatic N) is 5. The van der Waals surface area contributed by atoms with E-state index in [1.807, 2.05) is 7.05 Å². The number of hydrogen-bond acceptors (Lipinski definition) is 6. The molecule has 0 atom stereocenters. The lowest BCUT2D eigenvalue weighted by molar-refractivity contribution is 0.760. The van der Waals surface area contributed by atoms with Crippen molar-refractivity contribution in [2.24, 2.45) is 0 Å². The molecule has 1 aliphatic rings. The topological polar surface area (TPSA) is 57.2 Å². The Morgan fingerprint density at radius 1 is 1.00 bits per heavy atom. The molecule has 106 valence electrons. The first-order valence-electron chi connectivity index (χ1n) is 7.18. The highest BCUT2D eigenvalue weighted by atomic mass is 15.4. The highest BCUT2D eigenvalue weighted by Crippen LogP contribution is 2.30. The van der Waals surface area contributed by atoms with Crippen LogP contribution in [0.1, 0.15) is 33.6 Å². The lowest BCUT2D eigenvalue weighted by atomic mass is 10.5. The van der Waals surface area contributed by atoms with E-state index in [2.05, 4.69) is 50.8 Å². The van der Waals surface area contributed by atoms with E-state index < -0.39 is 0 Å². The lowest BCUT2D eigenvalue weighted by Crippen LogP contribution is -2.30. The molecule has 6 heteroatoms. The van der Waals surface area contributed by atoms with Gasteiger partial charge in [0.15, 0.2) is 0 Å². The minimum absolute atomic E-state index is 0.613. The third-order valence-corrected chi connectivity index (χ3v) is 3.47. The highest BCUT2D eigenvalue weighted by molar-refractivity contribution is 5.46. The van der Waals surface area contributed by atoms with E-state index in [0.29, 0.717) is 12.0 Å². The molecule has 1 aliphatic carbocycles. The van der Waals surface area contributed by atoms with E-state index in [4.69, 9.17) is 0 Å². The van der Waals surface area contributed by atoms with Crippen molar-refractivity contribution in [3.05, 3.63) is 0 Å². The molecule has 0 aromatic carbocycles. The highest BCUT2D eigenvalue weighted by Gasteiger charge is 2.30. The Morgan fingerprint density at radius 3 is 2.11 bits per heavy atom. The Balaban J connectivity index is 2.34. The number of aromatic nitrogens is 3. The Kier molecular flexibility index (Phi) is 4.39. The fourth-order valence-electron chi connectivity index (χ4n) is 2.19. The summed E-state index contributed by atoms with van der Waals surface area (Å²) >= 11 is 0. The number of nitrogens with one attached hydrogen (secondary N) is 1. The van der Waals surface area contributed by atoms with Gasteiger partial charge in [-0.2, -0.15) is 15.0 Å². The summed E-state index contributed by atoms with van der Waals surface area (Å²) in [6, 6.07) is 0.613. The molecule has 2 rings (SSSR count). The Bertz CT molecular complexity index is 414. The van der Waals surface area contributed by atoms with E-state index in [-0.39, 0.29) is 0 Å². The van der Waals surface area contributed by atoms with E-state index >= 15 is 0 Å². The predicted molar refractivity (Wildman–Crippen MR) is 79.0 cm³/mol. The van der Waals surface area contributed by atoms with Crippen LogP contribution in [0.15, 0.2) is 0 Å². The molecule has 1 fully saturated rings. The van der Waals surface area contributed by atoms with Crippen LogP contribution >= 0.6 is 0 Å².